The van der Waals surface area contributed by atoms with Crippen LogP contribution in [0.4, 0.5) is 4.79 Å². The summed E-state index contributed by atoms with van der Waals surface area (Å²) < 4.78 is 6.03. The van der Waals surface area contributed by atoms with Crippen molar-refractivity contribution in [2.45, 2.75) is 42.9 Å². The van der Waals surface area contributed by atoms with Crippen molar-refractivity contribution in [3.05, 3.63) is 28.7 Å². The molecule has 1 aliphatic rings. The number of rotatable bonds is 5. The van der Waals surface area contributed by atoms with Crippen molar-refractivity contribution in [2.24, 2.45) is 0 Å². The van der Waals surface area contributed by atoms with Crippen molar-refractivity contribution >= 4 is 39.7 Å². The van der Waals surface area contributed by atoms with Gasteiger partial charge < -0.3 is 15.0 Å². The highest BCUT2D eigenvalue weighted by Crippen LogP contribution is 2.25. The van der Waals surface area contributed by atoms with Gasteiger partial charge in [-0.3, -0.25) is 4.79 Å². The van der Waals surface area contributed by atoms with E-state index in [1.807, 2.05) is 31.2 Å². The minimum atomic E-state index is -0.263. The zero-order valence-corrected chi connectivity index (χ0v) is 16.4. The van der Waals surface area contributed by atoms with Crippen LogP contribution in [0.25, 0.3) is 0 Å². The lowest BCUT2D eigenvalue weighted by Crippen LogP contribution is -2.48. The Morgan fingerprint density at radius 2 is 1.96 bits per heavy atom. The first-order valence-corrected chi connectivity index (χ1v) is 9.81. The first-order valence-electron chi connectivity index (χ1n) is 8.14. The van der Waals surface area contributed by atoms with Crippen molar-refractivity contribution in [3.8, 4) is 0 Å². The first kappa shape index (κ1) is 19.1. The van der Waals surface area contributed by atoms with Crippen LogP contribution in [0.3, 0.4) is 0 Å². The quantitative estimate of drug-likeness (QED) is 0.746. The summed E-state index contributed by atoms with van der Waals surface area (Å²) in [6, 6.07) is 8.05. The van der Waals surface area contributed by atoms with Crippen LogP contribution in [-0.2, 0) is 9.53 Å². The Bertz CT molecular complexity index is 559. The third-order valence-electron chi connectivity index (χ3n) is 3.86. The molecule has 0 bridgehead atoms. The van der Waals surface area contributed by atoms with Gasteiger partial charge in [-0.25, -0.2) is 4.79 Å². The molecule has 0 aromatic heterocycles. The molecule has 1 N–H and O–H groups in total. The summed E-state index contributed by atoms with van der Waals surface area (Å²) in [5.41, 5.74) is 0. The van der Waals surface area contributed by atoms with Crippen LogP contribution in [0.2, 0.25) is 0 Å². The van der Waals surface area contributed by atoms with Gasteiger partial charge in [-0.15, -0.1) is 11.8 Å². The molecule has 1 heterocycles. The van der Waals surface area contributed by atoms with E-state index in [1.54, 1.807) is 23.6 Å². The molecule has 1 saturated heterocycles. The molecule has 1 aromatic rings. The fourth-order valence-corrected chi connectivity index (χ4v) is 3.65. The van der Waals surface area contributed by atoms with Gasteiger partial charge in [-0.05, 0) is 51.0 Å². The number of hydrogen-bond acceptors (Lipinski definition) is 4. The number of ether oxygens (including phenoxy) is 1. The molecule has 1 aromatic carbocycles. The molecule has 0 saturated carbocycles. The maximum atomic E-state index is 12.4. The summed E-state index contributed by atoms with van der Waals surface area (Å²) in [5, 5.41) is 2.94. The van der Waals surface area contributed by atoms with Gasteiger partial charge in [0, 0.05) is 28.5 Å². The van der Waals surface area contributed by atoms with Gasteiger partial charge >= 0.3 is 6.09 Å². The molecule has 2 rings (SSSR count). The standard InChI is InChI=1S/C17H23BrN2O3S/c1-3-23-17(22)20-10-8-14(9-11-20)19-16(21)12(2)24-15-6-4-13(18)5-7-15/h4-7,12,14H,3,8-11H2,1-2H3,(H,19,21). The first-order chi connectivity index (χ1) is 11.5. The van der Waals surface area contributed by atoms with Crippen LogP contribution in [-0.4, -0.2) is 47.9 Å². The molecular formula is C17H23BrN2O3S. The van der Waals surface area contributed by atoms with E-state index in [0.29, 0.717) is 19.7 Å². The lowest BCUT2D eigenvalue weighted by Gasteiger charge is -2.32. The van der Waals surface area contributed by atoms with Crippen molar-refractivity contribution in [2.75, 3.05) is 19.7 Å². The van der Waals surface area contributed by atoms with E-state index in [4.69, 9.17) is 4.74 Å². The monoisotopic (exact) mass is 414 g/mol. The van der Waals surface area contributed by atoms with Crippen LogP contribution in [0.5, 0.6) is 0 Å². The molecule has 1 aliphatic heterocycles. The Labute approximate surface area is 155 Å². The predicted octanol–water partition coefficient (Wildman–Crippen LogP) is 3.67. The average molecular weight is 415 g/mol. The highest BCUT2D eigenvalue weighted by atomic mass is 79.9. The van der Waals surface area contributed by atoms with Crippen LogP contribution in [0.15, 0.2) is 33.6 Å². The molecule has 1 unspecified atom stereocenters. The predicted molar refractivity (Wildman–Crippen MR) is 99.2 cm³/mol. The van der Waals surface area contributed by atoms with Gasteiger partial charge in [-0.2, -0.15) is 0 Å². The summed E-state index contributed by atoms with van der Waals surface area (Å²) in [6.45, 7) is 5.35. The van der Waals surface area contributed by atoms with Crippen molar-refractivity contribution in [1.29, 1.82) is 0 Å². The highest BCUT2D eigenvalue weighted by Gasteiger charge is 2.26. The molecule has 7 heteroatoms. The van der Waals surface area contributed by atoms with E-state index in [9.17, 15) is 9.59 Å². The maximum Gasteiger partial charge on any atom is 0.409 e. The van der Waals surface area contributed by atoms with Gasteiger partial charge in [0.15, 0.2) is 0 Å². The second-order valence-electron chi connectivity index (χ2n) is 5.68. The molecule has 0 spiro atoms. The number of nitrogens with zero attached hydrogens (tertiary/aromatic N) is 1. The number of hydrogen-bond donors (Lipinski definition) is 1. The SMILES string of the molecule is CCOC(=O)N1CCC(NC(=O)C(C)Sc2ccc(Br)cc2)CC1. The Morgan fingerprint density at radius 3 is 2.54 bits per heavy atom. The van der Waals surface area contributed by atoms with E-state index in [-0.39, 0.29) is 23.3 Å². The van der Waals surface area contributed by atoms with Gasteiger partial charge in [0.05, 0.1) is 11.9 Å². The lowest BCUT2D eigenvalue weighted by molar-refractivity contribution is -0.121. The normalized spacial score (nSPS) is 16.5. The van der Waals surface area contributed by atoms with E-state index in [2.05, 4.69) is 21.2 Å². The zero-order valence-electron chi connectivity index (χ0n) is 14.0. The molecule has 0 aliphatic carbocycles. The number of benzene rings is 1. The Hall–Kier alpha value is -1.21. The number of nitrogens with one attached hydrogen (secondary N) is 1. The number of piperidine rings is 1. The zero-order chi connectivity index (χ0) is 17.5. The minimum absolute atomic E-state index is 0.0394. The molecule has 2 amide bonds. The number of halogens is 1. The van der Waals surface area contributed by atoms with E-state index >= 15 is 0 Å². The minimum Gasteiger partial charge on any atom is -0.450 e. The summed E-state index contributed by atoms with van der Waals surface area (Å²) in [6.07, 6.45) is 1.27. The topological polar surface area (TPSA) is 58.6 Å². The largest absolute Gasteiger partial charge is 0.450 e. The summed E-state index contributed by atoms with van der Waals surface area (Å²) in [4.78, 5) is 26.8. The number of thioether (sulfide) groups is 1. The summed E-state index contributed by atoms with van der Waals surface area (Å²) in [5.74, 6) is 0.0394. The third kappa shape index (κ3) is 5.70. The maximum absolute atomic E-state index is 12.4. The number of likely N-dealkylation sites (tertiary alicyclic amines) is 1. The van der Waals surface area contributed by atoms with Gasteiger partial charge in [0.2, 0.25) is 5.91 Å². The molecule has 1 atom stereocenters. The van der Waals surface area contributed by atoms with Crippen LogP contribution < -0.4 is 5.32 Å². The van der Waals surface area contributed by atoms with Crippen molar-refractivity contribution in [1.82, 2.24) is 10.2 Å². The van der Waals surface area contributed by atoms with E-state index in [1.165, 1.54) is 0 Å². The van der Waals surface area contributed by atoms with Crippen LogP contribution in [0, 0.1) is 0 Å². The van der Waals surface area contributed by atoms with E-state index in [0.717, 1.165) is 22.2 Å². The molecule has 1 fully saturated rings. The number of carbonyl (C=O) groups is 2. The van der Waals surface area contributed by atoms with Gasteiger partial charge in [-0.1, -0.05) is 15.9 Å². The smallest absolute Gasteiger partial charge is 0.409 e. The molecule has 132 valence electrons. The Morgan fingerprint density at radius 1 is 1.33 bits per heavy atom. The Balaban J connectivity index is 1.76. The molecule has 24 heavy (non-hydrogen) atoms. The molecular weight excluding hydrogens is 392 g/mol. The number of carbonyl (C=O) groups excluding carboxylic acids is 2. The molecule has 0 radical (unpaired) electrons. The van der Waals surface area contributed by atoms with Crippen molar-refractivity contribution in [3.63, 3.8) is 0 Å². The fourth-order valence-electron chi connectivity index (χ4n) is 2.51. The van der Waals surface area contributed by atoms with Gasteiger partial charge in [0.1, 0.15) is 0 Å². The fraction of sp³-hybridized carbons (Fsp3) is 0.529. The lowest BCUT2D eigenvalue weighted by atomic mass is 10.1. The average Bonchev–Trinajstić information content (AvgIpc) is 2.57. The second kappa shape index (κ2) is 9.32. The van der Waals surface area contributed by atoms with E-state index < -0.39 is 0 Å². The molecule has 5 nitrogen and oxygen atoms in total. The summed E-state index contributed by atoms with van der Waals surface area (Å²) >= 11 is 4.95. The third-order valence-corrected chi connectivity index (χ3v) is 5.50. The second-order valence-corrected chi connectivity index (χ2v) is 8.01. The van der Waals surface area contributed by atoms with Crippen LogP contribution in [0.1, 0.15) is 26.7 Å². The highest BCUT2D eigenvalue weighted by molar-refractivity contribution is 9.10. The van der Waals surface area contributed by atoms with Crippen LogP contribution >= 0.6 is 27.7 Å². The van der Waals surface area contributed by atoms with Gasteiger partial charge in [0.25, 0.3) is 0 Å². The summed E-state index contributed by atoms with van der Waals surface area (Å²) in [7, 11) is 0. The Kier molecular flexibility index (Phi) is 7.42. The van der Waals surface area contributed by atoms with Crippen molar-refractivity contribution < 1.29 is 14.3 Å². The number of amides is 2.